The van der Waals surface area contributed by atoms with Crippen molar-refractivity contribution in [2.75, 3.05) is 6.26 Å². The van der Waals surface area contributed by atoms with Crippen LogP contribution in [0.2, 0.25) is 0 Å². The maximum atomic E-state index is 11.0. The molecular weight excluding hydrogens is 262 g/mol. The van der Waals surface area contributed by atoms with Crippen LogP contribution in [0.4, 0.5) is 0 Å². The molecule has 5 N–H and O–H groups in total. The van der Waals surface area contributed by atoms with E-state index in [-0.39, 0.29) is 10.7 Å². The molecular formula is C9H11N3O5S. The predicted octanol–water partition coefficient (Wildman–Crippen LogP) is -1.22. The first kappa shape index (κ1) is 14.4. The van der Waals surface area contributed by atoms with Crippen LogP contribution in [0.5, 0.6) is 0 Å². The number of aromatic nitrogens is 2. The number of carboxylic acid groups (broad SMARTS) is 1. The monoisotopic (exact) mass is 273 g/mol. The second-order valence-corrected chi connectivity index (χ2v) is 4.03. The molecule has 2 atom stereocenters. The Morgan fingerprint density at radius 2 is 2.06 bits per heavy atom. The number of aromatic carboxylic acids is 1. The van der Waals surface area contributed by atoms with Gasteiger partial charge in [0.2, 0.25) is 5.91 Å². The molecule has 0 fully saturated rings. The first-order chi connectivity index (χ1) is 8.38. The van der Waals surface area contributed by atoms with Crippen molar-refractivity contribution in [3.63, 3.8) is 0 Å². The molecule has 0 aliphatic carbocycles. The molecule has 2 unspecified atom stereocenters. The quantitative estimate of drug-likeness (QED) is 0.385. The van der Waals surface area contributed by atoms with Gasteiger partial charge in [0.05, 0.1) is 0 Å². The van der Waals surface area contributed by atoms with Crippen LogP contribution in [0.3, 0.4) is 0 Å². The van der Waals surface area contributed by atoms with Gasteiger partial charge in [-0.25, -0.2) is 14.8 Å². The normalized spacial score (nSPS) is 13.9. The Morgan fingerprint density at radius 1 is 1.44 bits per heavy atom. The number of primary amides is 1. The number of amides is 1. The van der Waals surface area contributed by atoms with E-state index in [1.165, 1.54) is 0 Å². The van der Waals surface area contributed by atoms with E-state index in [0.29, 0.717) is 0 Å². The number of rotatable bonds is 5. The average molecular weight is 273 g/mol. The van der Waals surface area contributed by atoms with Crippen LogP contribution >= 0.6 is 11.8 Å². The second kappa shape index (κ2) is 5.76. The Balaban J connectivity index is 3.23. The van der Waals surface area contributed by atoms with E-state index in [1.54, 1.807) is 6.26 Å². The summed E-state index contributed by atoms with van der Waals surface area (Å²) in [5, 5.41) is 28.1. The Labute approximate surface area is 106 Å². The first-order valence-corrected chi connectivity index (χ1v) is 5.90. The Bertz CT molecular complexity index is 481. The van der Waals surface area contributed by atoms with Crippen molar-refractivity contribution in [3.05, 3.63) is 17.5 Å². The molecule has 0 bridgehead atoms. The lowest BCUT2D eigenvalue weighted by Gasteiger charge is -2.16. The highest BCUT2D eigenvalue weighted by Crippen LogP contribution is 2.21. The zero-order valence-electron chi connectivity index (χ0n) is 9.27. The molecule has 0 radical (unpaired) electrons. The highest BCUT2D eigenvalue weighted by Gasteiger charge is 2.29. The molecule has 0 aliphatic heterocycles. The zero-order chi connectivity index (χ0) is 13.9. The standard InChI is InChI=1S/C9H11N3O5S/c1-18-9-11-2-3(4(12-9)8(16)17)5(13)6(14)7(10)15/h2,5-6,13-14H,1H3,(H2,10,15)(H,16,17). The van der Waals surface area contributed by atoms with Gasteiger partial charge in [0.15, 0.2) is 17.0 Å². The van der Waals surface area contributed by atoms with E-state index in [2.05, 4.69) is 9.97 Å². The number of hydrogen-bond acceptors (Lipinski definition) is 7. The summed E-state index contributed by atoms with van der Waals surface area (Å²) in [4.78, 5) is 29.2. The molecule has 0 aliphatic rings. The van der Waals surface area contributed by atoms with Gasteiger partial charge < -0.3 is 21.1 Å². The van der Waals surface area contributed by atoms with Crippen molar-refractivity contribution in [2.24, 2.45) is 5.73 Å². The van der Waals surface area contributed by atoms with Gasteiger partial charge in [-0.2, -0.15) is 0 Å². The molecule has 0 saturated heterocycles. The minimum absolute atomic E-state index is 0.192. The van der Waals surface area contributed by atoms with Crippen molar-refractivity contribution in [1.82, 2.24) is 9.97 Å². The zero-order valence-corrected chi connectivity index (χ0v) is 10.1. The fraction of sp³-hybridized carbons (Fsp3) is 0.333. The maximum absolute atomic E-state index is 11.0. The van der Waals surface area contributed by atoms with E-state index >= 15 is 0 Å². The summed E-state index contributed by atoms with van der Waals surface area (Å²) < 4.78 is 0. The van der Waals surface area contributed by atoms with Crippen LogP contribution in [-0.2, 0) is 4.79 Å². The van der Waals surface area contributed by atoms with E-state index in [4.69, 9.17) is 10.8 Å². The number of hydrogen-bond donors (Lipinski definition) is 4. The smallest absolute Gasteiger partial charge is 0.355 e. The number of aliphatic hydroxyl groups is 2. The van der Waals surface area contributed by atoms with Crippen LogP contribution in [0.25, 0.3) is 0 Å². The topological polar surface area (TPSA) is 147 Å². The number of carbonyl (C=O) groups excluding carboxylic acids is 1. The summed E-state index contributed by atoms with van der Waals surface area (Å²) in [5.74, 6) is -2.58. The molecule has 1 aromatic rings. The fourth-order valence-corrected chi connectivity index (χ4v) is 1.53. The summed E-state index contributed by atoms with van der Waals surface area (Å²) >= 11 is 1.11. The number of aliphatic hydroxyl groups excluding tert-OH is 2. The number of nitrogens with zero attached hydrogens (tertiary/aromatic N) is 2. The lowest BCUT2D eigenvalue weighted by Crippen LogP contribution is -2.34. The number of carboxylic acids is 1. The average Bonchev–Trinajstić information content (AvgIpc) is 2.35. The van der Waals surface area contributed by atoms with E-state index in [0.717, 1.165) is 18.0 Å². The summed E-state index contributed by atoms with van der Waals surface area (Å²) in [6.07, 6.45) is -1.02. The molecule has 9 heteroatoms. The second-order valence-electron chi connectivity index (χ2n) is 3.26. The molecule has 1 rings (SSSR count). The molecule has 1 amide bonds. The number of nitrogens with two attached hydrogens (primary N) is 1. The van der Waals surface area contributed by atoms with Crippen molar-refractivity contribution >= 4 is 23.6 Å². The summed E-state index contributed by atoms with van der Waals surface area (Å²) in [7, 11) is 0. The fourth-order valence-electron chi connectivity index (χ4n) is 1.19. The Hall–Kier alpha value is -1.71. The van der Waals surface area contributed by atoms with Crippen LogP contribution < -0.4 is 5.73 Å². The third-order valence-corrected chi connectivity index (χ3v) is 2.65. The van der Waals surface area contributed by atoms with Crippen molar-refractivity contribution in [3.8, 4) is 0 Å². The largest absolute Gasteiger partial charge is 0.476 e. The molecule has 18 heavy (non-hydrogen) atoms. The van der Waals surface area contributed by atoms with Crippen molar-refractivity contribution < 1.29 is 24.9 Å². The summed E-state index contributed by atoms with van der Waals surface area (Å²) in [6.45, 7) is 0. The Kier molecular flexibility index (Phi) is 4.59. The minimum Gasteiger partial charge on any atom is -0.476 e. The number of carbonyl (C=O) groups is 2. The van der Waals surface area contributed by atoms with Gasteiger partial charge in [-0.05, 0) is 6.26 Å². The first-order valence-electron chi connectivity index (χ1n) is 4.68. The highest BCUT2D eigenvalue weighted by atomic mass is 32.2. The molecule has 0 spiro atoms. The van der Waals surface area contributed by atoms with E-state index in [1.807, 2.05) is 0 Å². The molecule has 0 aromatic carbocycles. The third-order valence-electron chi connectivity index (χ3n) is 2.09. The van der Waals surface area contributed by atoms with Crippen LogP contribution in [0.15, 0.2) is 11.4 Å². The van der Waals surface area contributed by atoms with Gasteiger partial charge in [0.25, 0.3) is 0 Å². The predicted molar refractivity (Wildman–Crippen MR) is 60.9 cm³/mol. The van der Waals surface area contributed by atoms with Crippen LogP contribution in [0.1, 0.15) is 22.2 Å². The number of thioether (sulfide) groups is 1. The summed E-state index contributed by atoms with van der Waals surface area (Å²) in [5.41, 5.74) is 4.06. The lowest BCUT2D eigenvalue weighted by atomic mass is 10.0. The minimum atomic E-state index is -1.92. The molecule has 0 saturated carbocycles. The highest BCUT2D eigenvalue weighted by molar-refractivity contribution is 7.98. The molecule has 1 aromatic heterocycles. The third kappa shape index (κ3) is 2.94. The maximum Gasteiger partial charge on any atom is 0.355 e. The van der Waals surface area contributed by atoms with Gasteiger partial charge in [0, 0.05) is 11.8 Å². The van der Waals surface area contributed by atoms with Gasteiger partial charge in [-0.3, -0.25) is 4.79 Å². The van der Waals surface area contributed by atoms with E-state index in [9.17, 15) is 19.8 Å². The van der Waals surface area contributed by atoms with Crippen LogP contribution in [-0.4, -0.2) is 49.5 Å². The molecule has 1 heterocycles. The summed E-state index contributed by atoms with van der Waals surface area (Å²) in [6, 6.07) is 0. The van der Waals surface area contributed by atoms with Crippen molar-refractivity contribution in [1.29, 1.82) is 0 Å². The Morgan fingerprint density at radius 3 is 2.50 bits per heavy atom. The van der Waals surface area contributed by atoms with E-state index < -0.39 is 29.8 Å². The van der Waals surface area contributed by atoms with Crippen molar-refractivity contribution in [2.45, 2.75) is 17.4 Å². The van der Waals surface area contributed by atoms with Gasteiger partial charge >= 0.3 is 5.97 Å². The van der Waals surface area contributed by atoms with Crippen LogP contribution in [0, 0.1) is 0 Å². The molecule has 98 valence electrons. The molecule has 8 nitrogen and oxygen atoms in total. The lowest BCUT2D eigenvalue weighted by molar-refractivity contribution is -0.132. The SMILES string of the molecule is CSc1ncc(C(O)C(O)C(N)=O)c(C(=O)O)n1. The van der Waals surface area contributed by atoms with Gasteiger partial charge in [-0.1, -0.05) is 11.8 Å². The van der Waals surface area contributed by atoms with Gasteiger partial charge in [-0.15, -0.1) is 0 Å². The van der Waals surface area contributed by atoms with Gasteiger partial charge in [0.1, 0.15) is 6.10 Å².